The number of rotatable bonds is 5. The number of nitrogens with zero attached hydrogens (tertiary/aromatic N) is 1. The van der Waals surface area contributed by atoms with Crippen molar-refractivity contribution >= 4 is 52.9 Å². The van der Waals surface area contributed by atoms with E-state index in [-0.39, 0.29) is 5.02 Å². The van der Waals surface area contributed by atoms with E-state index >= 15 is 0 Å². The van der Waals surface area contributed by atoms with Crippen LogP contribution >= 0.6 is 34.8 Å². The molecule has 3 aromatic carbocycles. The summed E-state index contributed by atoms with van der Waals surface area (Å²) in [4.78, 5) is 24.3. The van der Waals surface area contributed by atoms with Crippen LogP contribution in [0.3, 0.4) is 0 Å². The molecular formula is C21H13Cl3N2O3. The third kappa shape index (κ3) is 5.81. The van der Waals surface area contributed by atoms with Crippen LogP contribution in [0.1, 0.15) is 26.3 Å². The summed E-state index contributed by atoms with van der Waals surface area (Å²) in [5.74, 6) is -0.612. The minimum Gasteiger partial charge on any atom is -0.423 e. The highest BCUT2D eigenvalue weighted by atomic mass is 35.5. The van der Waals surface area contributed by atoms with Gasteiger partial charge in [0.05, 0.1) is 21.8 Å². The zero-order valence-electron chi connectivity index (χ0n) is 14.7. The number of hydrazone groups is 1. The van der Waals surface area contributed by atoms with Gasteiger partial charge in [-0.2, -0.15) is 5.10 Å². The summed E-state index contributed by atoms with van der Waals surface area (Å²) < 4.78 is 5.34. The molecule has 1 N–H and O–H groups in total. The van der Waals surface area contributed by atoms with Crippen LogP contribution in [0.4, 0.5) is 0 Å². The number of ether oxygens (including phenoxy) is 1. The lowest BCUT2D eigenvalue weighted by Crippen LogP contribution is -2.17. The van der Waals surface area contributed by atoms with Crippen LogP contribution in [0.15, 0.2) is 71.8 Å². The molecule has 0 spiro atoms. The van der Waals surface area contributed by atoms with Crippen molar-refractivity contribution in [2.24, 2.45) is 5.10 Å². The largest absolute Gasteiger partial charge is 0.423 e. The van der Waals surface area contributed by atoms with E-state index in [0.29, 0.717) is 32.5 Å². The van der Waals surface area contributed by atoms with Gasteiger partial charge >= 0.3 is 5.97 Å². The Balaban J connectivity index is 1.63. The van der Waals surface area contributed by atoms with Crippen molar-refractivity contribution in [1.82, 2.24) is 5.43 Å². The quantitative estimate of drug-likeness (QED) is 0.238. The normalized spacial score (nSPS) is 10.7. The monoisotopic (exact) mass is 446 g/mol. The van der Waals surface area contributed by atoms with E-state index in [0.717, 1.165) is 0 Å². The summed E-state index contributed by atoms with van der Waals surface area (Å²) in [7, 11) is 0. The molecule has 5 nitrogen and oxygen atoms in total. The number of hydrogen-bond acceptors (Lipinski definition) is 4. The smallest absolute Gasteiger partial charge is 0.343 e. The van der Waals surface area contributed by atoms with E-state index in [2.05, 4.69) is 10.5 Å². The first-order valence-corrected chi connectivity index (χ1v) is 9.42. The van der Waals surface area contributed by atoms with Crippen LogP contribution in [0.5, 0.6) is 5.75 Å². The van der Waals surface area contributed by atoms with Crippen molar-refractivity contribution in [2.45, 2.75) is 0 Å². The van der Waals surface area contributed by atoms with Gasteiger partial charge in [0.15, 0.2) is 0 Å². The van der Waals surface area contributed by atoms with Gasteiger partial charge in [0.1, 0.15) is 5.75 Å². The fraction of sp³-hybridized carbons (Fsp3) is 0. The first-order chi connectivity index (χ1) is 13.9. The average molecular weight is 448 g/mol. The highest BCUT2D eigenvalue weighted by Gasteiger charge is 2.09. The van der Waals surface area contributed by atoms with Crippen LogP contribution in [0.25, 0.3) is 0 Å². The molecular weight excluding hydrogens is 435 g/mol. The maximum atomic E-state index is 12.2. The molecule has 3 aromatic rings. The van der Waals surface area contributed by atoms with Gasteiger partial charge in [-0.1, -0.05) is 46.9 Å². The predicted molar refractivity (Wildman–Crippen MR) is 114 cm³/mol. The molecule has 0 bridgehead atoms. The number of halogens is 3. The lowest BCUT2D eigenvalue weighted by molar-refractivity contribution is 0.0734. The van der Waals surface area contributed by atoms with Gasteiger partial charge < -0.3 is 4.74 Å². The molecule has 3 rings (SSSR count). The van der Waals surface area contributed by atoms with Crippen LogP contribution in [-0.4, -0.2) is 18.1 Å². The molecule has 0 aliphatic rings. The first-order valence-electron chi connectivity index (χ1n) is 8.28. The Bertz CT molecular complexity index is 1080. The standard InChI is InChI=1S/C21H13Cl3N2O3/c22-16-7-4-14(5-8-16)21(28)29-17-3-1-2-13(10-17)12-25-26-20(27)15-6-9-18(23)19(24)11-15/h1-12H,(H,26,27)/b25-12-. The summed E-state index contributed by atoms with van der Waals surface area (Å²) in [6.45, 7) is 0. The topological polar surface area (TPSA) is 67.8 Å². The Kier molecular flexibility index (Phi) is 6.88. The van der Waals surface area contributed by atoms with Gasteiger partial charge in [0.25, 0.3) is 5.91 Å². The molecule has 0 heterocycles. The third-order valence-electron chi connectivity index (χ3n) is 3.71. The van der Waals surface area contributed by atoms with Gasteiger partial charge in [0, 0.05) is 10.6 Å². The maximum Gasteiger partial charge on any atom is 0.343 e. The Morgan fingerprint density at radius 1 is 0.862 bits per heavy atom. The molecule has 0 saturated carbocycles. The van der Waals surface area contributed by atoms with E-state index < -0.39 is 11.9 Å². The summed E-state index contributed by atoms with van der Waals surface area (Å²) in [6, 6.07) is 17.6. The van der Waals surface area contributed by atoms with Gasteiger partial charge in [-0.25, -0.2) is 10.2 Å². The zero-order chi connectivity index (χ0) is 20.8. The van der Waals surface area contributed by atoms with Crippen molar-refractivity contribution in [3.05, 3.63) is 98.5 Å². The lowest BCUT2D eigenvalue weighted by Gasteiger charge is -2.05. The lowest BCUT2D eigenvalue weighted by atomic mass is 10.2. The molecule has 0 saturated heterocycles. The number of amides is 1. The number of esters is 1. The second-order valence-electron chi connectivity index (χ2n) is 5.80. The average Bonchev–Trinajstić information content (AvgIpc) is 2.70. The van der Waals surface area contributed by atoms with Crippen LogP contribution < -0.4 is 10.2 Å². The fourth-order valence-corrected chi connectivity index (χ4v) is 2.70. The number of carbonyl (C=O) groups is 2. The van der Waals surface area contributed by atoms with Crippen molar-refractivity contribution in [3.8, 4) is 5.75 Å². The van der Waals surface area contributed by atoms with Crippen molar-refractivity contribution in [1.29, 1.82) is 0 Å². The van der Waals surface area contributed by atoms with Crippen LogP contribution in [-0.2, 0) is 0 Å². The second kappa shape index (κ2) is 9.56. The van der Waals surface area contributed by atoms with E-state index in [4.69, 9.17) is 39.5 Å². The molecule has 29 heavy (non-hydrogen) atoms. The molecule has 0 aliphatic carbocycles. The molecule has 1 amide bonds. The van der Waals surface area contributed by atoms with Crippen molar-refractivity contribution < 1.29 is 14.3 Å². The minimum atomic E-state index is -0.510. The first kappa shape index (κ1) is 20.9. The number of hydrogen-bond donors (Lipinski definition) is 1. The molecule has 0 unspecified atom stereocenters. The summed E-state index contributed by atoms with van der Waals surface area (Å²) in [5, 5.41) is 5.07. The predicted octanol–water partition coefficient (Wildman–Crippen LogP) is 5.63. The highest BCUT2D eigenvalue weighted by molar-refractivity contribution is 6.42. The second-order valence-corrected chi connectivity index (χ2v) is 7.05. The number of nitrogens with one attached hydrogen (secondary N) is 1. The minimum absolute atomic E-state index is 0.276. The summed E-state index contributed by atoms with van der Waals surface area (Å²) in [6.07, 6.45) is 1.43. The highest BCUT2D eigenvalue weighted by Crippen LogP contribution is 2.22. The molecule has 8 heteroatoms. The molecule has 146 valence electrons. The fourth-order valence-electron chi connectivity index (χ4n) is 2.28. The SMILES string of the molecule is O=C(N/N=C\c1cccc(OC(=O)c2ccc(Cl)cc2)c1)c1ccc(Cl)c(Cl)c1. The Labute approximate surface area is 181 Å². The Morgan fingerprint density at radius 3 is 2.31 bits per heavy atom. The third-order valence-corrected chi connectivity index (χ3v) is 4.70. The molecule has 0 radical (unpaired) electrons. The Morgan fingerprint density at radius 2 is 1.59 bits per heavy atom. The molecule has 0 aromatic heterocycles. The van der Waals surface area contributed by atoms with Crippen LogP contribution in [0.2, 0.25) is 15.1 Å². The maximum absolute atomic E-state index is 12.2. The van der Waals surface area contributed by atoms with E-state index in [1.165, 1.54) is 24.4 Å². The number of benzene rings is 3. The van der Waals surface area contributed by atoms with Crippen molar-refractivity contribution in [3.63, 3.8) is 0 Å². The molecule has 0 atom stereocenters. The summed E-state index contributed by atoms with van der Waals surface area (Å²) >= 11 is 17.5. The van der Waals surface area contributed by atoms with Gasteiger partial charge in [0.2, 0.25) is 0 Å². The molecule has 0 fully saturated rings. The van der Waals surface area contributed by atoms with Gasteiger partial charge in [-0.15, -0.1) is 0 Å². The Hall–Kier alpha value is -2.86. The zero-order valence-corrected chi connectivity index (χ0v) is 17.0. The van der Waals surface area contributed by atoms with E-state index in [9.17, 15) is 9.59 Å². The van der Waals surface area contributed by atoms with Crippen molar-refractivity contribution in [2.75, 3.05) is 0 Å². The van der Waals surface area contributed by atoms with E-state index in [1.54, 1.807) is 48.5 Å². The molecule has 0 aliphatic heterocycles. The van der Waals surface area contributed by atoms with Gasteiger partial charge in [-0.05, 0) is 60.2 Å². The summed E-state index contributed by atoms with van der Waals surface area (Å²) in [5.41, 5.74) is 3.72. The number of carbonyl (C=O) groups excluding carboxylic acids is 2. The van der Waals surface area contributed by atoms with Gasteiger partial charge in [-0.3, -0.25) is 4.79 Å². The van der Waals surface area contributed by atoms with Crippen LogP contribution in [0, 0.1) is 0 Å². The van der Waals surface area contributed by atoms with E-state index in [1.807, 2.05) is 0 Å².